The van der Waals surface area contributed by atoms with E-state index in [4.69, 9.17) is 0 Å². The van der Waals surface area contributed by atoms with Crippen LogP contribution >= 0.6 is 23.7 Å². The zero-order chi connectivity index (χ0) is 12.3. The van der Waals surface area contributed by atoms with E-state index < -0.39 is 0 Å². The number of rotatable bonds is 3. The first kappa shape index (κ1) is 15.5. The van der Waals surface area contributed by atoms with Gasteiger partial charge in [0.05, 0.1) is 12.1 Å². The number of piperidine rings is 1. The molecule has 102 valence electrons. The molecule has 1 aliphatic rings. The first-order valence-corrected chi connectivity index (χ1v) is 7.03. The standard InChI is InChI=1S/C13H20N2OS.ClH/c1-13(7-3-4-8-14-13)12(16)15(2)10-11-6-5-9-17-11;/h5-6,9,14H,3-4,7-8,10H2,1-2H3;1H. The van der Waals surface area contributed by atoms with Crippen LogP contribution in [0.4, 0.5) is 0 Å². The minimum absolute atomic E-state index is 0. The summed E-state index contributed by atoms with van der Waals surface area (Å²) in [6.45, 7) is 3.70. The van der Waals surface area contributed by atoms with Gasteiger partial charge in [-0.15, -0.1) is 23.7 Å². The van der Waals surface area contributed by atoms with Crippen LogP contribution in [0.3, 0.4) is 0 Å². The number of thiophene rings is 1. The van der Waals surface area contributed by atoms with Crippen LogP contribution in [0.15, 0.2) is 17.5 Å². The molecular formula is C13H21ClN2OS. The molecule has 1 aliphatic heterocycles. The van der Waals surface area contributed by atoms with Gasteiger partial charge in [0, 0.05) is 11.9 Å². The number of amides is 1. The maximum absolute atomic E-state index is 12.4. The molecule has 1 atom stereocenters. The number of halogens is 1. The van der Waals surface area contributed by atoms with Crippen molar-refractivity contribution in [1.82, 2.24) is 10.2 Å². The molecule has 0 radical (unpaired) electrons. The van der Waals surface area contributed by atoms with Crippen molar-refractivity contribution in [2.24, 2.45) is 0 Å². The lowest BCUT2D eigenvalue weighted by Crippen LogP contribution is -2.56. The van der Waals surface area contributed by atoms with Crippen LogP contribution in [0.1, 0.15) is 31.1 Å². The highest BCUT2D eigenvalue weighted by atomic mass is 35.5. The molecule has 3 nitrogen and oxygen atoms in total. The van der Waals surface area contributed by atoms with Crippen molar-refractivity contribution in [2.75, 3.05) is 13.6 Å². The van der Waals surface area contributed by atoms with Crippen LogP contribution in [0.5, 0.6) is 0 Å². The lowest BCUT2D eigenvalue weighted by molar-refractivity contribution is -0.137. The molecule has 0 aromatic carbocycles. The van der Waals surface area contributed by atoms with E-state index in [1.54, 1.807) is 11.3 Å². The van der Waals surface area contributed by atoms with Gasteiger partial charge < -0.3 is 10.2 Å². The predicted octanol–water partition coefficient (Wildman–Crippen LogP) is 2.66. The van der Waals surface area contributed by atoms with Gasteiger partial charge in [-0.1, -0.05) is 6.07 Å². The Bertz CT molecular complexity index is 374. The minimum atomic E-state index is -0.357. The molecule has 18 heavy (non-hydrogen) atoms. The van der Waals surface area contributed by atoms with Crippen molar-refractivity contribution in [1.29, 1.82) is 0 Å². The van der Waals surface area contributed by atoms with Gasteiger partial charge in [-0.3, -0.25) is 4.79 Å². The second kappa shape index (κ2) is 6.55. The number of hydrogen-bond donors (Lipinski definition) is 1. The molecule has 1 fully saturated rings. The Morgan fingerprint density at radius 1 is 1.56 bits per heavy atom. The fourth-order valence-corrected chi connectivity index (χ4v) is 3.13. The van der Waals surface area contributed by atoms with E-state index in [2.05, 4.69) is 11.4 Å². The second-order valence-electron chi connectivity index (χ2n) is 4.96. The third kappa shape index (κ3) is 3.46. The highest BCUT2D eigenvalue weighted by Gasteiger charge is 2.36. The summed E-state index contributed by atoms with van der Waals surface area (Å²) in [5, 5.41) is 5.42. The van der Waals surface area contributed by atoms with Gasteiger partial charge in [0.1, 0.15) is 0 Å². The zero-order valence-electron chi connectivity index (χ0n) is 10.9. The molecule has 1 saturated heterocycles. The van der Waals surface area contributed by atoms with Crippen molar-refractivity contribution in [3.63, 3.8) is 0 Å². The molecule has 1 aromatic heterocycles. The van der Waals surface area contributed by atoms with Gasteiger partial charge in [0.15, 0.2) is 0 Å². The van der Waals surface area contributed by atoms with E-state index in [1.165, 1.54) is 11.3 Å². The average molecular weight is 289 g/mol. The fraction of sp³-hybridized carbons (Fsp3) is 0.615. The molecule has 0 spiro atoms. The Hall–Kier alpha value is -0.580. The summed E-state index contributed by atoms with van der Waals surface area (Å²) in [6, 6.07) is 4.10. The third-order valence-corrected chi connectivity index (χ3v) is 4.27. The van der Waals surface area contributed by atoms with Crippen molar-refractivity contribution in [2.45, 2.75) is 38.3 Å². The number of nitrogens with zero attached hydrogens (tertiary/aromatic N) is 1. The smallest absolute Gasteiger partial charge is 0.242 e. The summed E-state index contributed by atoms with van der Waals surface area (Å²) in [7, 11) is 1.89. The first-order valence-electron chi connectivity index (χ1n) is 6.15. The highest BCUT2D eigenvalue weighted by Crippen LogP contribution is 2.22. The Morgan fingerprint density at radius 2 is 2.33 bits per heavy atom. The van der Waals surface area contributed by atoms with Crippen molar-refractivity contribution < 1.29 is 4.79 Å². The van der Waals surface area contributed by atoms with Gasteiger partial charge >= 0.3 is 0 Å². The van der Waals surface area contributed by atoms with Gasteiger partial charge in [-0.05, 0) is 44.2 Å². The van der Waals surface area contributed by atoms with Crippen LogP contribution in [0, 0.1) is 0 Å². The Kier molecular flexibility index (Phi) is 5.63. The third-order valence-electron chi connectivity index (χ3n) is 3.41. The van der Waals surface area contributed by atoms with Crippen LogP contribution in [0.25, 0.3) is 0 Å². The SMILES string of the molecule is CN(Cc1cccs1)C(=O)C1(C)CCCCN1.Cl. The molecular weight excluding hydrogens is 268 g/mol. The number of carbonyl (C=O) groups excluding carboxylic acids is 1. The van der Waals surface area contributed by atoms with E-state index >= 15 is 0 Å². The number of likely N-dealkylation sites (N-methyl/N-ethyl adjacent to an activating group) is 1. The summed E-state index contributed by atoms with van der Waals surface area (Å²) < 4.78 is 0. The zero-order valence-corrected chi connectivity index (χ0v) is 12.6. The van der Waals surface area contributed by atoms with E-state index in [-0.39, 0.29) is 23.9 Å². The lowest BCUT2D eigenvalue weighted by atomic mass is 9.89. The van der Waals surface area contributed by atoms with E-state index in [1.807, 2.05) is 30.3 Å². The van der Waals surface area contributed by atoms with Crippen molar-refractivity contribution in [3.05, 3.63) is 22.4 Å². The van der Waals surface area contributed by atoms with Crippen LogP contribution in [-0.4, -0.2) is 29.9 Å². The monoisotopic (exact) mass is 288 g/mol. The molecule has 2 rings (SSSR count). The molecule has 0 aliphatic carbocycles. The Balaban J connectivity index is 0.00000162. The highest BCUT2D eigenvalue weighted by molar-refractivity contribution is 7.09. The van der Waals surface area contributed by atoms with Crippen LogP contribution < -0.4 is 5.32 Å². The van der Waals surface area contributed by atoms with E-state index in [0.717, 1.165) is 19.4 Å². The van der Waals surface area contributed by atoms with E-state index in [9.17, 15) is 4.79 Å². The molecule has 1 N–H and O–H groups in total. The molecule has 2 heterocycles. The van der Waals surface area contributed by atoms with Gasteiger partial charge in [-0.25, -0.2) is 0 Å². The molecule has 0 saturated carbocycles. The van der Waals surface area contributed by atoms with Gasteiger partial charge in [0.2, 0.25) is 5.91 Å². The predicted molar refractivity (Wildman–Crippen MR) is 78.3 cm³/mol. The fourth-order valence-electron chi connectivity index (χ4n) is 2.37. The number of hydrogen-bond acceptors (Lipinski definition) is 3. The average Bonchev–Trinajstić information content (AvgIpc) is 2.81. The van der Waals surface area contributed by atoms with Crippen LogP contribution in [-0.2, 0) is 11.3 Å². The largest absolute Gasteiger partial charge is 0.339 e. The molecule has 1 aromatic rings. The maximum atomic E-state index is 12.4. The number of nitrogens with one attached hydrogen (secondary N) is 1. The van der Waals surface area contributed by atoms with Crippen molar-refractivity contribution >= 4 is 29.7 Å². The molecule has 5 heteroatoms. The van der Waals surface area contributed by atoms with E-state index in [0.29, 0.717) is 6.54 Å². The summed E-state index contributed by atoms with van der Waals surface area (Å²) in [5.41, 5.74) is -0.357. The molecule has 1 amide bonds. The Morgan fingerprint density at radius 3 is 2.89 bits per heavy atom. The van der Waals surface area contributed by atoms with Crippen LogP contribution in [0.2, 0.25) is 0 Å². The number of carbonyl (C=O) groups is 1. The topological polar surface area (TPSA) is 32.3 Å². The summed E-state index contributed by atoms with van der Waals surface area (Å²) in [4.78, 5) is 15.5. The molecule has 0 bridgehead atoms. The van der Waals surface area contributed by atoms with Gasteiger partial charge in [-0.2, -0.15) is 0 Å². The quantitative estimate of drug-likeness (QED) is 0.927. The summed E-state index contributed by atoms with van der Waals surface area (Å²) >= 11 is 1.70. The van der Waals surface area contributed by atoms with Gasteiger partial charge in [0.25, 0.3) is 0 Å². The first-order chi connectivity index (χ1) is 8.12. The van der Waals surface area contributed by atoms with Crippen molar-refractivity contribution in [3.8, 4) is 0 Å². The normalized spacial score (nSPS) is 23.2. The lowest BCUT2D eigenvalue weighted by Gasteiger charge is -2.36. The second-order valence-corrected chi connectivity index (χ2v) is 5.99. The maximum Gasteiger partial charge on any atom is 0.242 e. The minimum Gasteiger partial charge on any atom is -0.339 e. The Labute approximate surface area is 119 Å². The molecule has 1 unspecified atom stereocenters. The summed E-state index contributed by atoms with van der Waals surface area (Å²) in [6.07, 6.45) is 3.26. The summed E-state index contributed by atoms with van der Waals surface area (Å²) in [5.74, 6) is 0.214.